The summed E-state index contributed by atoms with van der Waals surface area (Å²) < 4.78 is 48.4. The molecule has 10 heteroatoms. The molecule has 0 saturated carbocycles. The van der Waals surface area contributed by atoms with Gasteiger partial charge in [0.05, 0.1) is 23.6 Å². The highest BCUT2D eigenvalue weighted by Crippen LogP contribution is 2.52. The van der Waals surface area contributed by atoms with Crippen LogP contribution in [0.1, 0.15) is 65.4 Å². The number of amides is 1. The number of nitrogen functional groups attached to an aromatic ring is 1. The fraction of sp³-hybridized carbons (Fsp3) is 0.367. The van der Waals surface area contributed by atoms with E-state index in [4.69, 9.17) is 15.5 Å². The SMILES string of the molecule is CC(C)COc1cc(F)cc(-c2ccc(C(=O)NS(=O)(=O)c3cccc(N)n3)c(C3=CC(C)(C)CC3(C)C)n2)c1.[HH]. The van der Waals surface area contributed by atoms with Gasteiger partial charge in [-0.25, -0.2) is 19.1 Å². The number of nitrogens with two attached hydrogens (primary N) is 1. The second-order valence-corrected chi connectivity index (χ2v) is 13.5. The minimum atomic E-state index is -4.31. The number of hydrogen-bond donors (Lipinski definition) is 2. The molecular formula is C30H37FN4O4S. The van der Waals surface area contributed by atoms with Gasteiger partial charge in [-0.15, -0.1) is 0 Å². The molecule has 1 amide bonds. The Kier molecular flexibility index (Phi) is 7.77. The van der Waals surface area contributed by atoms with Gasteiger partial charge in [-0.1, -0.05) is 53.7 Å². The van der Waals surface area contributed by atoms with E-state index in [2.05, 4.69) is 43.5 Å². The first-order valence-electron chi connectivity index (χ1n) is 13.0. The van der Waals surface area contributed by atoms with Crippen LogP contribution in [0.2, 0.25) is 0 Å². The first-order valence-corrected chi connectivity index (χ1v) is 14.5. The number of pyridine rings is 2. The third-order valence-electron chi connectivity index (χ3n) is 6.55. The highest BCUT2D eigenvalue weighted by Gasteiger charge is 2.40. The molecule has 0 aliphatic heterocycles. The van der Waals surface area contributed by atoms with E-state index in [0.29, 0.717) is 29.3 Å². The Morgan fingerprint density at radius 3 is 2.48 bits per heavy atom. The van der Waals surface area contributed by atoms with E-state index in [0.717, 1.165) is 12.0 Å². The molecule has 40 heavy (non-hydrogen) atoms. The smallest absolute Gasteiger partial charge is 0.281 e. The zero-order valence-electron chi connectivity index (χ0n) is 23.6. The molecule has 2 heterocycles. The molecule has 4 rings (SSSR count). The molecule has 1 aliphatic carbocycles. The lowest BCUT2D eigenvalue weighted by molar-refractivity contribution is 0.0980. The van der Waals surface area contributed by atoms with Crippen LogP contribution in [-0.2, 0) is 10.0 Å². The molecule has 8 nitrogen and oxygen atoms in total. The Bertz CT molecular complexity index is 1600. The minimum Gasteiger partial charge on any atom is -0.493 e. The van der Waals surface area contributed by atoms with Crippen molar-refractivity contribution in [2.75, 3.05) is 12.3 Å². The highest BCUT2D eigenvalue weighted by molar-refractivity contribution is 7.90. The number of rotatable bonds is 8. The van der Waals surface area contributed by atoms with Gasteiger partial charge in [0.2, 0.25) is 0 Å². The van der Waals surface area contributed by atoms with E-state index in [1.54, 1.807) is 12.1 Å². The van der Waals surface area contributed by atoms with Crippen LogP contribution in [0.15, 0.2) is 59.6 Å². The van der Waals surface area contributed by atoms with E-state index in [-0.39, 0.29) is 34.6 Å². The fourth-order valence-corrected chi connectivity index (χ4v) is 6.08. The summed E-state index contributed by atoms with van der Waals surface area (Å²) in [5, 5.41) is -0.373. The van der Waals surface area contributed by atoms with Crippen molar-refractivity contribution >= 4 is 27.3 Å². The molecule has 0 fully saturated rings. The maximum atomic E-state index is 14.6. The summed E-state index contributed by atoms with van der Waals surface area (Å²) in [5.41, 5.74) is 7.19. The van der Waals surface area contributed by atoms with Crippen LogP contribution < -0.4 is 15.2 Å². The Morgan fingerprint density at radius 2 is 1.85 bits per heavy atom. The highest BCUT2D eigenvalue weighted by atomic mass is 32.2. The second-order valence-electron chi connectivity index (χ2n) is 11.9. The molecule has 214 valence electrons. The number of carbonyl (C=O) groups excluding carboxylic acids is 1. The molecule has 0 bridgehead atoms. The number of aromatic nitrogens is 2. The minimum absolute atomic E-state index is 0. The van der Waals surface area contributed by atoms with Gasteiger partial charge < -0.3 is 10.5 Å². The largest absolute Gasteiger partial charge is 0.493 e. The monoisotopic (exact) mass is 568 g/mol. The Balaban J connectivity index is 0.00000462. The molecule has 3 N–H and O–H groups in total. The first kappa shape index (κ1) is 29.2. The van der Waals surface area contributed by atoms with Crippen molar-refractivity contribution in [1.82, 2.24) is 14.7 Å². The molecule has 1 aromatic carbocycles. The molecule has 3 aromatic rings. The standard InChI is InChI=1S/C30H35FN4O4S.H2/c1-18(2)16-39-21-13-19(12-20(31)14-21)24-11-10-22(27(33-24)23-15-29(3,4)17-30(23,5)6)28(36)35-40(37,38)26-9-7-8-25(32)34-26;/h7-15,18H,16-17H2,1-6H3,(H2,32,34)(H,35,36);1H. The third kappa shape index (κ3) is 6.50. The van der Waals surface area contributed by atoms with Gasteiger partial charge in [-0.3, -0.25) is 4.79 Å². The third-order valence-corrected chi connectivity index (χ3v) is 7.79. The number of benzene rings is 1. The van der Waals surface area contributed by atoms with Crippen LogP contribution in [0.3, 0.4) is 0 Å². The van der Waals surface area contributed by atoms with Crippen LogP contribution in [0, 0.1) is 22.6 Å². The summed E-state index contributed by atoms with van der Waals surface area (Å²) in [6, 6.07) is 11.6. The topological polar surface area (TPSA) is 124 Å². The van der Waals surface area contributed by atoms with Gasteiger partial charge in [-0.2, -0.15) is 8.42 Å². The van der Waals surface area contributed by atoms with Crippen LogP contribution in [-0.4, -0.2) is 30.9 Å². The number of halogens is 1. The zero-order chi connectivity index (χ0) is 29.5. The summed E-state index contributed by atoms with van der Waals surface area (Å²) in [4.78, 5) is 22.1. The van der Waals surface area contributed by atoms with E-state index in [1.165, 1.54) is 36.4 Å². The van der Waals surface area contributed by atoms with E-state index < -0.39 is 21.7 Å². The van der Waals surface area contributed by atoms with Gasteiger partial charge in [0.25, 0.3) is 15.9 Å². The molecule has 1 aliphatic rings. The fourth-order valence-electron chi connectivity index (χ4n) is 5.14. The number of hydrogen-bond acceptors (Lipinski definition) is 7. The van der Waals surface area contributed by atoms with Gasteiger partial charge in [0.1, 0.15) is 17.4 Å². The molecule has 0 atom stereocenters. The van der Waals surface area contributed by atoms with Crippen molar-refractivity contribution < 1.29 is 23.8 Å². The van der Waals surface area contributed by atoms with Gasteiger partial charge in [-0.05, 0) is 65.1 Å². The van der Waals surface area contributed by atoms with Crippen molar-refractivity contribution in [3.63, 3.8) is 0 Å². The van der Waals surface area contributed by atoms with Crippen molar-refractivity contribution in [3.8, 4) is 17.0 Å². The number of sulfonamides is 1. The molecule has 2 aromatic heterocycles. The summed E-state index contributed by atoms with van der Waals surface area (Å²) in [5.74, 6) is -0.707. The lowest BCUT2D eigenvalue weighted by atomic mass is 9.79. The summed E-state index contributed by atoms with van der Waals surface area (Å²) in [6.07, 6.45) is 2.85. The lowest BCUT2D eigenvalue weighted by Crippen LogP contribution is -2.32. The number of nitrogens with zero attached hydrogens (tertiary/aromatic N) is 2. The molecule has 0 radical (unpaired) electrons. The number of anilines is 1. The van der Waals surface area contributed by atoms with E-state index in [9.17, 15) is 17.6 Å². The second kappa shape index (κ2) is 10.6. The van der Waals surface area contributed by atoms with Crippen molar-refractivity contribution in [2.24, 2.45) is 16.7 Å². The quantitative estimate of drug-likeness (QED) is 0.336. The number of carbonyl (C=O) groups is 1. The van der Waals surface area contributed by atoms with Crippen molar-refractivity contribution in [3.05, 3.63) is 71.7 Å². The summed E-state index contributed by atoms with van der Waals surface area (Å²) in [6.45, 7) is 12.7. The Labute approximate surface area is 236 Å². The molecule has 0 saturated heterocycles. The Hall–Kier alpha value is -3.79. The lowest BCUT2D eigenvalue weighted by Gasteiger charge is -2.26. The normalized spacial score (nSPS) is 16.1. The summed E-state index contributed by atoms with van der Waals surface area (Å²) >= 11 is 0. The van der Waals surface area contributed by atoms with Crippen LogP contribution in [0.4, 0.5) is 10.2 Å². The van der Waals surface area contributed by atoms with E-state index >= 15 is 0 Å². The van der Waals surface area contributed by atoms with Gasteiger partial charge in [0.15, 0.2) is 5.03 Å². The maximum Gasteiger partial charge on any atom is 0.281 e. The number of allylic oxidation sites excluding steroid dienone is 2. The van der Waals surface area contributed by atoms with Gasteiger partial charge >= 0.3 is 0 Å². The molecule has 0 spiro atoms. The van der Waals surface area contributed by atoms with Crippen molar-refractivity contribution in [1.29, 1.82) is 0 Å². The maximum absolute atomic E-state index is 14.6. The number of nitrogens with one attached hydrogen (secondary N) is 1. The average Bonchev–Trinajstić information content (AvgIpc) is 3.08. The molecular weight excluding hydrogens is 531 g/mol. The average molecular weight is 569 g/mol. The molecule has 0 unspecified atom stereocenters. The zero-order valence-corrected chi connectivity index (χ0v) is 24.4. The predicted octanol–water partition coefficient (Wildman–Crippen LogP) is 6.10. The number of ether oxygens (including phenoxy) is 1. The predicted molar refractivity (Wildman–Crippen MR) is 156 cm³/mol. The van der Waals surface area contributed by atoms with Gasteiger partial charge in [0, 0.05) is 13.1 Å². The van der Waals surface area contributed by atoms with Crippen molar-refractivity contribution in [2.45, 2.75) is 53.0 Å². The van der Waals surface area contributed by atoms with Crippen LogP contribution >= 0.6 is 0 Å². The summed E-state index contributed by atoms with van der Waals surface area (Å²) in [7, 11) is -4.31. The van der Waals surface area contributed by atoms with E-state index in [1.807, 2.05) is 13.8 Å². The first-order chi connectivity index (χ1) is 18.6. The Morgan fingerprint density at radius 1 is 1.12 bits per heavy atom. The van der Waals surface area contributed by atoms with Crippen LogP contribution in [0.5, 0.6) is 5.75 Å². The van der Waals surface area contributed by atoms with Crippen LogP contribution in [0.25, 0.3) is 16.8 Å².